The summed E-state index contributed by atoms with van der Waals surface area (Å²) in [7, 11) is -3.46. The third-order valence-electron chi connectivity index (χ3n) is 3.93. The summed E-state index contributed by atoms with van der Waals surface area (Å²) in [5, 5.41) is 4.03. The zero-order chi connectivity index (χ0) is 15.5. The van der Waals surface area contributed by atoms with Gasteiger partial charge in [-0.25, -0.2) is 13.1 Å². The highest BCUT2D eigenvalue weighted by atomic mass is 35.5. The molecular weight excluding hydrogens is 331 g/mol. The zero-order valence-electron chi connectivity index (χ0n) is 12.0. The van der Waals surface area contributed by atoms with E-state index in [0.717, 1.165) is 25.9 Å². The Morgan fingerprint density at radius 1 is 1.24 bits per heavy atom. The summed E-state index contributed by atoms with van der Waals surface area (Å²) >= 11 is 12.1. The molecule has 0 aliphatic carbocycles. The van der Waals surface area contributed by atoms with Crippen molar-refractivity contribution in [1.82, 2.24) is 10.0 Å². The minimum absolute atomic E-state index is 0.00258. The Labute approximate surface area is 136 Å². The minimum Gasteiger partial charge on any atom is -0.317 e. The predicted molar refractivity (Wildman–Crippen MR) is 87.3 cm³/mol. The molecule has 2 rings (SSSR count). The van der Waals surface area contributed by atoms with E-state index >= 15 is 0 Å². The lowest BCUT2D eigenvalue weighted by Crippen LogP contribution is -2.43. The Morgan fingerprint density at radius 3 is 2.38 bits per heavy atom. The number of hydrogen-bond donors (Lipinski definition) is 2. The van der Waals surface area contributed by atoms with Crippen LogP contribution in [0.1, 0.15) is 25.3 Å². The maximum Gasteiger partial charge on any atom is 0.215 e. The van der Waals surface area contributed by atoms with Gasteiger partial charge in [0.2, 0.25) is 10.0 Å². The number of sulfonamides is 1. The summed E-state index contributed by atoms with van der Waals surface area (Å²) < 4.78 is 27.2. The average molecular weight is 351 g/mol. The lowest BCUT2D eigenvalue weighted by atomic mass is 9.81. The molecule has 4 nitrogen and oxygen atoms in total. The summed E-state index contributed by atoms with van der Waals surface area (Å²) in [6.07, 6.45) is 1.92. The summed E-state index contributed by atoms with van der Waals surface area (Å²) in [5.74, 6) is -0.195. The molecule has 21 heavy (non-hydrogen) atoms. The van der Waals surface area contributed by atoms with E-state index in [1.807, 2.05) is 0 Å². The highest BCUT2D eigenvalue weighted by molar-refractivity contribution is 7.88. The fourth-order valence-electron chi connectivity index (χ4n) is 2.40. The molecule has 2 N–H and O–H groups in total. The quantitative estimate of drug-likeness (QED) is 0.858. The molecule has 0 aromatic heterocycles. The zero-order valence-corrected chi connectivity index (χ0v) is 14.3. The van der Waals surface area contributed by atoms with Gasteiger partial charge in [-0.3, -0.25) is 0 Å². The number of benzene rings is 1. The number of piperidine rings is 1. The Bertz CT molecular complexity index is 579. The molecule has 1 saturated heterocycles. The van der Waals surface area contributed by atoms with Crippen LogP contribution >= 0.6 is 23.2 Å². The fourth-order valence-corrected chi connectivity index (χ4v) is 4.45. The standard InChI is InChI=1S/C14H20Cl2N2O2S/c1-14(5-7-17-8-6-14)10-18-21(19,20)9-11-12(15)3-2-4-13(11)16/h2-4,17-18H,5-10H2,1H3. The van der Waals surface area contributed by atoms with Crippen molar-refractivity contribution >= 4 is 33.2 Å². The first kappa shape index (κ1) is 17.0. The van der Waals surface area contributed by atoms with E-state index in [2.05, 4.69) is 17.0 Å². The normalized spacial score (nSPS) is 18.6. The fraction of sp³-hybridized carbons (Fsp3) is 0.571. The maximum atomic E-state index is 12.2. The molecule has 1 heterocycles. The molecule has 0 atom stereocenters. The maximum absolute atomic E-state index is 12.2. The van der Waals surface area contributed by atoms with E-state index in [-0.39, 0.29) is 11.2 Å². The summed E-state index contributed by atoms with van der Waals surface area (Å²) in [5.41, 5.74) is 0.451. The Kier molecular flexibility index (Phi) is 5.54. The first-order valence-corrected chi connectivity index (χ1v) is 9.33. The van der Waals surface area contributed by atoms with Gasteiger partial charge in [-0.2, -0.15) is 0 Å². The molecular formula is C14H20Cl2N2O2S. The number of hydrogen-bond acceptors (Lipinski definition) is 3. The lowest BCUT2D eigenvalue weighted by Gasteiger charge is -2.34. The Morgan fingerprint density at radius 2 is 1.81 bits per heavy atom. The van der Waals surface area contributed by atoms with Crippen molar-refractivity contribution in [3.8, 4) is 0 Å². The Balaban J connectivity index is 2.02. The molecule has 1 aliphatic heterocycles. The first-order chi connectivity index (χ1) is 9.81. The monoisotopic (exact) mass is 350 g/mol. The van der Waals surface area contributed by atoms with Gasteiger partial charge in [0.15, 0.2) is 0 Å². The van der Waals surface area contributed by atoms with Crippen molar-refractivity contribution in [1.29, 1.82) is 0 Å². The van der Waals surface area contributed by atoms with E-state index in [9.17, 15) is 8.42 Å². The van der Waals surface area contributed by atoms with Gasteiger partial charge in [0.25, 0.3) is 0 Å². The predicted octanol–water partition coefficient (Wildman–Crippen LogP) is 2.80. The van der Waals surface area contributed by atoms with Crippen LogP contribution in [0.4, 0.5) is 0 Å². The first-order valence-electron chi connectivity index (χ1n) is 6.92. The van der Waals surface area contributed by atoms with Gasteiger partial charge in [0.1, 0.15) is 0 Å². The van der Waals surface area contributed by atoms with Crippen LogP contribution in [0.5, 0.6) is 0 Å². The van der Waals surface area contributed by atoms with Gasteiger partial charge in [-0.1, -0.05) is 36.2 Å². The molecule has 1 aliphatic rings. The van der Waals surface area contributed by atoms with Gasteiger partial charge in [-0.05, 0) is 43.5 Å². The second-order valence-corrected chi connectivity index (χ2v) is 8.46. The smallest absolute Gasteiger partial charge is 0.215 e. The summed E-state index contributed by atoms with van der Waals surface area (Å²) in [6.45, 7) is 4.40. The van der Waals surface area contributed by atoms with Crippen LogP contribution < -0.4 is 10.0 Å². The molecule has 0 amide bonds. The van der Waals surface area contributed by atoms with Crippen molar-refractivity contribution in [2.45, 2.75) is 25.5 Å². The number of halogens is 2. The average Bonchev–Trinajstić information content (AvgIpc) is 2.42. The van der Waals surface area contributed by atoms with Gasteiger partial charge in [-0.15, -0.1) is 0 Å². The SMILES string of the molecule is CC1(CNS(=O)(=O)Cc2c(Cl)cccc2Cl)CCNCC1. The van der Waals surface area contributed by atoms with Crippen molar-refractivity contribution in [3.05, 3.63) is 33.8 Å². The van der Waals surface area contributed by atoms with Crippen LogP contribution in [0.2, 0.25) is 10.0 Å². The third kappa shape index (κ3) is 4.83. The summed E-state index contributed by atoms with van der Waals surface area (Å²) in [6, 6.07) is 4.99. The van der Waals surface area contributed by atoms with Crippen molar-refractivity contribution < 1.29 is 8.42 Å². The van der Waals surface area contributed by atoms with Gasteiger partial charge >= 0.3 is 0 Å². The highest BCUT2D eigenvalue weighted by Gasteiger charge is 2.28. The van der Waals surface area contributed by atoms with Crippen molar-refractivity contribution in [2.24, 2.45) is 5.41 Å². The second-order valence-electron chi connectivity index (χ2n) is 5.84. The molecule has 1 aromatic rings. The molecule has 118 valence electrons. The number of rotatable bonds is 5. The second kappa shape index (κ2) is 6.84. The van der Waals surface area contributed by atoms with Crippen molar-refractivity contribution in [3.63, 3.8) is 0 Å². The Hall–Kier alpha value is -0.330. The lowest BCUT2D eigenvalue weighted by molar-refractivity contribution is 0.232. The molecule has 1 fully saturated rings. The topological polar surface area (TPSA) is 58.2 Å². The van der Waals surface area contributed by atoms with Crippen molar-refractivity contribution in [2.75, 3.05) is 19.6 Å². The molecule has 7 heteroatoms. The van der Waals surface area contributed by atoms with Crippen LogP contribution in [0, 0.1) is 5.41 Å². The summed E-state index contributed by atoms with van der Waals surface area (Å²) in [4.78, 5) is 0. The van der Waals surface area contributed by atoms with Crippen LogP contribution in [0.25, 0.3) is 0 Å². The van der Waals surface area contributed by atoms with Gasteiger partial charge < -0.3 is 5.32 Å². The molecule has 0 bridgehead atoms. The highest BCUT2D eigenvalue weighted by Crippen LogP contribution is 2.28. The van der Waals surface area contributed by atoms with Crippen LogP contribution in [0.3, 0.4) is 0 Å². The van der Waals surface area contributed by atoms with E-state index < -0.39 is 10.0 Å². The molecule has 1 aromatic carbocycles. The minimum atomic E-state index is -3.46. The van der Waals surface area contributed by atoms with E-state index in [4.69, 9.17) is 23.2 Å². The molecule has 0 unspecified atom stereocenters. The van der Waals surface area contributed by atoms with E-state index in [1.54, 1.807) is 18.2 Å². The molecule has 0 radical (unpaired) electrons. The molecule has 0 spiro atoms. The third-order valence-corrected chi connectivity index (χ3v) is 5.89. The van der Waals surface area contributed by atoms with E-state index in [0.29, 0.717) is 22.2 Å². The van der Waals surface area contributed by atoms with Gasteiger partial charge in [0.05, 0.1) is 5.75 Å². The van der Waals surface area contributed by atoms with E-state index in [1.165, 1.54) is 0 Å². The van der Waals surface area contributed by atoms with Gasteiger partial charge in [0, 0.05) is 22.2 Å². The van der Waals surface area contributed by atoms with Crippen LogP contribution in [-0.4, -0.2) is 28.1 Å². The largest absolute Gasteiger partial charge is 0.317 e. The van der Waals surface area contributed by atoms with Crippen LogP contribution in [-0.2, 0) is 15.8 Å². The number of nitrogens with one attached hydrogen (secondary N) is 2. The van der Waals surface area contributed by atoms with Crippen LogP contribution in [0.15, 0.2) is 18.2 Å². The molecule has 0 saturated carbocycles.